The lowest BCUT2D eigenvalue weighted by molar-refractivity contribution is 0.0945. The Bertz CT molecular complexity index is 937. The van der Waals surface area contributed by atoms with Gasteiger partial charge < -0.3 is 15.0 Å². The van der Waals surface area contributed by atoms with Crippen LogP contribution in [0.3, 0.4) is 0 Å². The zero-order chi connectivity index (χ0) is 21.6. The molecule has 0 aromatic heterocycles. The molecule has 1 fully saturated rings. The first-order chi connectivity index (χ1) is 14.4. The predicted octanol–water partition coefficient (Wildman–Crippen LogP) is 2.96. The van der Waals surface area contributed by atoms with Crippen molar-refractivity contribution in [2.24, 2.45) is 5.92 Å². The maximum atomic E-state index is 12.6. The van der Waals surface area contributed by atoms with Gasteiger partial charge in [-0.3, -0.25) is 9.52 Å². The Morgan fingerprint density at radius 1 is 1.07 bits per heavy atom. The Morgan fingerprint density at radius 3 is 2.30 bits per heavy atom. The molecule has 1 aliphatic rings. The fourth-order valence-electron chi connectivity index (χ4n) is 3.50. The van der Waals surface area contributed by atoms with Crippen LogP contribution < -0.4 is 14.8 Å². The molecular weight excluding hydrogens is 402 g/mol. The SMILES string of the molecule is COc1ccc(NS(=O)(=O)c2ccc(C(=O)NCC(C)CN3CCCC3)cc2)cc1. The summed E-state index contributed by atoms with van der Waals surface area (Å²) in [6, 6.07) is 12.5. The van der Waals surface area contributed by atoms with Gasteiger partial charge in [-0.2, -0.15) is 0 Å². The van der Waals surface area contributed by atoms with Crippen LogP contribution in [0.25, 0.3) is 0 Å². The van der Waals surface area contributed by atoms with Gasteiger partial charge in [-0.1, -0.05) is 6.92 Å². The van der Waals surface area contributed by atoms with Gasteiger partial charge in [0.25, 0.3) is 15.9 Å². The van der Waals surface area contributed by atoms with Crippen LogP contribution in [0, 0.1) is 5.92 Å². The zero-order valence-electron chi connectivity index (χ0n) is 17.4. The molecule has 3 rings (SSSR count). The van der Waals surface area contributed by atoms with Crippen molar-refractivity contribution in [3.63, 3.8) is 0 Å². The van der Waals surface area contributed by atoms with E-state index in [-0.39, 0.29) is 10.8 Å². The number of likely N-dealkylation sites (tertiary alicyclic amines) is 1. The van der Waals surface area contributed by atoms with E-state index in [9.17, 15) is 13.2 Å². The molecule has 1 aliphatic heterocycles. The van der Waals surface area contributed by atoms with Crippen LogP contribution >= 0.6 is 0 Å². The Balaban J connectivity index is 1.55. The van der Waals surface area contributed by atoms with E-state index in [2.05, 4.69) is 21.9 Å². The topological polar surface area (TPSA) is 87.7 Å². The summed E-state index contributed by atoms with van der Waals surface area (Å²) in [4.78, 5) is 14.9. The largest absolute Gasteiger partial charge is 0.497 e. The number of carbonyl (C=O) groups is 1. The molecule has 1 amide bonds. The second-order valence-electron chi connectivity index (χ2n) is 7.68. The molecule has 2 N–H and O–H groups in total. The van der Waals surface area contributed by atoms with E-state index in [1.807, 2.05) is 0 Å². The maximum Gasteiger partial charge on any atom is 0.261 e. The lowest BCUT2D eigenvalue weighted by Gasteiger charge is -2.20. The highest BCUT2D eigenvalue weighted by atomic mass is 32.2. The molecule has 2 aromatic rings. The molecule has 0 radical (unpaired) electrons. The van der Waals surface area contributed by atoms with Crippen LogP contribution in [0.5, 0.6) is 5.75 Å². The first kappa shape index (κ1) is 22.1. The van der Waals surface area contributed by atoms with Crippen LogP contribution in [0.1, 0.15) is 30.1 Å². The molecule has 162 valence electrons. The Morgan fingerprint density at radius 2 is 1.70 bits per heavy atom. The van der Waals surface area contributed by atoms with Gasteiger partial charge in [-0.15, -0.1) is 0 Å². The number of rotatable bonds is 9. The minimum atomic E-state index is -3.74. The predicted molar refractivity (Wildman–Crippen MR) is 117 cm³/mol. The molecule has 0 saturated carbocycles. The second-order valence-corrected chi connectivity index (χ2v) is 9.36. The number of benzene rings is 2. The van der Waals surface area contributed by atoms with Gasteiger partial charge in [-0.05, 0) is 80.4 Å². The summed E-state index contributed by atoms with van der Waals surface area (Å²) in [5, 5.41) is 2.94. The fraction of sp³-hybridized carbons (Fsp3) is 0.409. The highest BCUT2D eigenvalue weighted by molar-refractivity contribution is 7.92. The number of ether oxygens (including phenoxy) is 1. The molecule has 1 heterocycles. The smallest absolute Gasteiger partial charge is 0.261 e. The monoisotopic (exact) mass is 431 g/mol. The Labute approximate surface area is 178 Å². The van der Waals surface area contributed by atoms with Crippen LogP contribution in [0.15, 0.2) is 53.4 Å². The van der Waals surface area contributed by atoms with E-state index in [0.717, 1.165) is 19.6 Å². The molecule has 0 spiro atoms. The van der Waals surface area contributed by atoms with Crippen molar-refractivity contribution >= 4 is 21.6 Å². The quantitative estimate of drug-likeness (QED) is 0.637. The number of carbonyl (C=O) groups excluding carboxylic acids is 1. The molecule has 1 atom stereocenters. The van der Waals surface area contributed by atoms with Gasteiger partial charge in [0.2, 0.25) is 0 Å². The number of nitrogens with one attached hydrogen (secondary N) is 2. The van der Waals surface area contributed by atoms with Gasteiger partial charge in [0.1, 0.15) is 5.75 Å². The number of hydrogen-bond donors (Lipinski definition) is 2. The zero-order valence-corrected chi connectivity index (χ0v) is 18.2. The summed E-state index contributed by atoms with van der Waals surface area (Å²) in [5.41, 5.74) is 0.872. The van der Waals surface area contributed by atoms with E-state index in [0.29, 0.717) is 29.5 Å². The highest BCUT2D eigenvalue weighted by Gasteiger charge is 2.17. The summed E-state index contributed by atoms with van der Waals surface area (Å²) in [5.74, 6) is 0.804. The van der Waals surface area contributed by atoms with Crippen LogP contribution in [0.2, 0.25) is 0 Å². The molecule has 2 aromatic carbocycles. The van der Waals surface area contributed by atoms with E-state index >= 15 is 0 Å². The second kappa shape index (κ2) is 9.95. The van der Waals surface area contributed by atoms with Crippen molar-refractivity contribution in [1.29, 1.82) is 0 Å². The molecular formula is C22H29N3O4S. The average molecular weight is 432 g/mol. The molecule has 0 aliphatic carbocycles. The number of nitrogens with zero attached hydrogens (tertiary/aromatic N) is 1. The van der Waals surface area contributed by atoms with Gasteiger partial charge in [0.05, 0.1) is 12.0 Å². The Kier molecular flexibility index (Phi) is 7.33. The third-order valence-corrected chi connectivity index (χ3v) is 6.55. The molecule has 1 saturated heterocycles. The summed E-state index contributed by atoms with van der Waals surface area (Å²) >= 11 is 0. The molecule has 7 nitrogen and oxygen atoms in total. The van der Waals surface area contributed by atoms with Gasteiger partial charge in [-0.25, -0.2) is 8.42 Å². The van der Waals surface area contributed by atoms with E-state index in [1.54, 1.807) is 31.4 Å². The molecule has 1 unspecified atom stereocenters. The number of sulfonamides is 1. The number of hydrogen-bond acceptors (Lipinski definition) is 5. The minimum Gasteiger partial charge on any atom is -0.497 e. The fourth-order valence-corrected chi connectivity index (χ4v) is 4.56. The standard InChI is InChI=1S/C22H29N3O4S/c1-17(16-25-13-3-4-14-25)15-23-22(26)18-5-11-21(12-6-18)30(27,28)24-19-7-9-20(29-2)10-8-19/h5-12,17,24H,3-4,13-16H2,1-2H3,(H,23,26). The normalized spacial score (nSPS) is 15.5. The first-order valence-electron chi connectivity index (χ1n) is 10.1. The highest BCUT2D eigenvalue weighted by Crippen LogP contribution is 2.19. The summed E-state index contributed by atoms with van der Waals surface area (Å²) in [6.07, 6.45) is 2.50. The minimum absolute atomic E-state index is 0.0947. The molecule has 8 heteroatoms. The Hall–Kier alpha value is -2.58. The lowest BCUT2D eigenvalue weighted by Crippen LogP contribution is -2.34. The van der Waals surface area contributed by atoms with Gasteiger partial charge in [0, 0.05) is 24.3 Å². The summed E-state index contributed by atoms with van der Waals surface area (Å²) in [7, 11) is -2.20. The van der Waals surface area contributed by atoms with Crippen LogP contribution in [-0.2, 0) is 10.0 Å². The van der Waals surface area contributed by atoms with E-state index in [1.165, 1.54) is 37.1 Å². The van der Waals surface area contributed by atoms with Crippen LogP contribution in [-0.4, -0.2) is 52.5 Å². The van der Waals surface area contributed by atoms with E-state index in [4.69, 9.17) is 4.74 Å². The first-order valence-corrected chi connectivity index (χ1v) is 11.6. The number of anilines is 1. The van der Waals surface area contributed by atoms with Crippen LogP contribution in [0.4, 0.5) is 5.69 Å². The number of amides is 1. The summed E-state index contributed by atoms with van der Waals surface area (Å²) < 4.78 is 32.7. The van der Waals surface area contributed by atoms with Gasteiger partial charge >= 0.3 is 0 Å². The third kappa shape index (κ3) is 5.96. The molecule has 0 bridgehead atoms. The van der Waals surface area contributed by atoms with Gasteiger partial charge in [0.15, 0.2) is 0 Å². The van der Waals surface area contributed by atoms with Crippen molar-refractivity contribution in [1.82, 2.24) is 10.2 Å². The van der Waals surface area contributed by atoms with E-state index < -0.39 is 10.0 Å². The lowest BCUT2D eigenvalue weighted by atomic mass is 10.1. The van der Waals surface area contributed by atoms with Crippen molar-refractivity contribution in [3.05, 3.63) is 54.1 Å². The van der Waals surface area contributed by atoms with Crippen molar-refractivity contribution < 1.29 is 17.9 Å². The number of methoxy groups -OCH3 is 1. The average Bonchev–Trinajstić information content (AvgIpc) is 3.25. The molecule has 30 heavy (non-hydrogen) atoms. The van der Waals surface area contributed by atoms with Crippen molar-refractivity contribution in [3.8, 4) is 5.75 Å². The summed E-state index contributed by atoms with van der Waals surface area (Å²) in [6.45, 7) is 5.97. The maximum absolute atomic E-state index is 12.6. The van der Waals surface area contributed by atoms with Crippen molar-refractivity contribution in [2.45, 2.75) is 24.7 Å². The third-order valence-electron chi connectivity index (χ3n) is 5.15. The van der Waals surface area contributed by atoms with Crippen molar-refractivity contribution in [2.75, 3.05) is 38.0 Å².